The number of alkyl halides is 1. The molecular weight excluding hydrogens is 395 g/mol. The predicted octanol–water partition coefficient (Wildman–Crippen LogP) is 6.42. The fourth-order valence-electron chi connectivity index (χ4n) is 2.50. The number of halogens is 3. The lowest BCUT2D eigenvalue weighted by Gasteiger charge is -2.14. The van der Waals surface area contributed by atoms with Gasteiger partial charge in [-0.05, 0) is 46.5 Å². The van der Waals surface area contributed by atoms with Crippen LogP contribution in [0.2, 0.25) is 0 Å². The average Bonchev–Trinajstić information content (AvgIpc) is 2.50. The van der Waals surface area contributed by atoms with Gasteiger partial charge in [-0.3, -0.25) is 0 Å². The molecule has 0 heterocycles. The summed E-state index contributed by atoms with van der Waals surface area (Å²) in [7, 11) is 0. The van der Waals surface area contributed by atoms with Crippen molar-refractivity contribution < 1.29 is 4.39 Å². The van der Waals surface area contributed by atoms with Crippen molar-refractivity contribution in [1.29, 1.82) is 0 Å². The molecule has 3 heteroatoms. The highest BCUT2D eigenvalue weighted by Crippen LogP contribution is 2.35. The summed E-state index contributed by atoms with van der Waals surface area (Å²) in [5.41, 5.74) is 2.36. The van der Waals surface area contributed by atoms with Gasteiger partial charge in [0.15, 0.2) is 0 Å². The van der Waals surface area contributed by atoms with Crippen molar-refractivity contribution in [2.24, 2.45) is 0 Å². The van der Waals surface area contributed by atoms with Crippen molar-refractivity contribution in [3.05, 3.63) is 82.1 Å². The van der Waals surface area contributed by atoms with E-state index >= 15 is 0 Å². The van der Waals surface area contributed by atoms with Gasteiger partial charge in [0.05, 0.1) is 0 Å². The first-order valence-electron chi connectivity index (χ1n) is 6.71. The molecule has 0 bridgehead atoms. The zero-order valence-corrected chi connectivity index (χ0v) is 14.4. The summed E-state index contributed by atoms with van der Waals surface area (Å²) in [6.07, 6.45) is 0.825. The Morgan fingerprint density at radius 2 is 1.52 bits per heavy atom. The van der Waals surface area contributed by atoms with Crippen LogP contribution in [0, 0.1) is 5.82 Å². The van der Waals surface area contributed by atoms with Crippen LogP contribution in [-0.4, -0.2) is 0 Å². The first-order valence-corrected chi connectivity index (χ1v) is 8.41. The normalized spacial score (nSPS) is 12.5. The maximum atomic E-state index is 13.0. The molecule has 0 spiro atoms. The lowest BCUT2D eigenvalue weighted by molar-refractivity contribution is 0.627. The topological polar surface area (TPSA) is 0 Å². The van der Waals surface area contributed by atoms with Crippen molar-refractivity contribution in [2.75, 3.05) is 0 Å². The standard InChI is InChI=1S/C18H13Br2F/c19-17-10-9-16(14-3-1-2-4-15(14)17)18(20)11-12-5-7-13(21)8-6-12/h1-10,18H,11H2. The van der Waals surface area contributed by atoms with Gasteiger partial charge < -0.3 is 0 Å². The molecular formula is C18H13Br2F. The largest absolute Gasteiger partial charge is 0.207 e. The Morgan fingerprint density at radius 3 is 2.24 bits per heavy atom. The van der Waals surface area contributed by atoms with Crippen LogP contribution in [0.25, 0.3) is 10.8 Å². The Labute approximate surface area is 140 Å². The fraction of sp³-hybridized carbons (Fsp3) is 0.111. The van der Waals surface area contributed by atoms with Crippen LogP contribution in [0.4, 0.5) is 4.39 Å². The van der Waals surface area contributed by atoms with E-state index in [1.807, 2.05) is 18.2 Å². The van der Waals surface area contributed by atoms with Crippen molar-refractivity contribution in [1.82, 2.24) is 0 Å². The van der Waals surface area contributed by atoms with Gasteiger partial charge in [-0.25, -0.2) is 4.39 Å². The molecule has 0 saturated carbocycles. The van der Waals surface area contributed by atoms with Gasteiger partial charge in [-0.1, -0.05) is 74.3 Å². The molecule has 0 fully saturated rings. The molecule has 1 atom stereocenters. The van der Waals surface area contributed by atoms with Gasteiger partial charge in [-0.15, -0.1) is 0 Å². The zero-order valence-electron chi connectivity index (χ0n) is 11.2. The molecule has 0 radical (unpaired) electrons. The molecule has 106 valence electrons. The van der Waals surface area contributed by atoms with Crippen LogP contribution < -0.4 is 0 Å². The third-order valence-corrected chi connectivity index (χ3v) is 5.08. The number of hydrogen-bond donors (Lipinski definition) is 0. The van der Waals surface area contributed by atoms with E-state index in [1.165, 1.54) is 28.5 Å². The molecule has 0 amide bonds. The molecule has 0 aliphatic carbocycles. The molecule has 0 aliphatic heterocycles. The van der Waals surface area contributed by atoms with E-state index in [0.29, 0.717) is 0 Å². The maximum absolute atomic E-state index is 13.0. The third kappa shape index (κ3) is 3.19. The minimum atomic E-state index is -0.195. The maximum Gasteiger partial charge on any atom is 0.123 e. The van der Waals surface area contributed by atoms with Crippen LogP contribution in [0.1, 0.15) is 16.0 Å². The Kier molecular flexibility index (Phi) is 4.41. The Balaban J connectivity index is 1.96. The molecule has 21 heavy (non-hydrogen) atoms. The summed E-state index contributed by atoms with van der Waals surface area (Å²) >= 11 is 7.38. The molecule has 1 unspecified atom stereocenters. The minimum Gasteiger partial charge on any atom is -0.207 e. The highest BCUT2D eigenvalue weighted by atomic mass is 79.9. The van der Waals surface area contributed by atoms with Gasteiger partial charge in [0, 0.05) is 9.30 Å². The molecule has 0 aliphatic rings. The second-order valence-electron chi connectivity index (χ2n) is 4.98. The lowest BCUT2D eigenvalue weighted by atomic mass is 9.98. The van der Waals surface area contributed by atoms with Crippen LogP contribution >= 0.6 is 31.9 Å². The van der Waals surface area contributed by atoms with Crippen LogP contribution in [-0.2, 0) is 6.42 Å². The lowest BCUT2D eigenvalue weighted by Crippen LogP contribution is -1.97. The molecule has 3 aromatic rings. The van der Waals surface area contributed by atoms with Crippen molar-refractivity contribution in [3.63, 3.8) is 0 Å². The number of hydrogen-bond acceptors (Lipinski definition) is 0. The van der Waals surface area contributed by atoms with E-state index in [2.05, 4.69) is 62.2 Å². The van der Waals surface area contributed by atoms with Crippen molar-refractivity contribution in [3.8, 4) is 0 Å². The smallest absolute Gasteiger partial charge is 0.123 e. The highest BCUT2D eigenvalue weighted by Gasteiger charge is 2.13. The van der Waals surface area contributed by atoms with Gasteiger partial charge in [0.1, 0.15) is 5.82 Å². The number of rotatable bonds is 3. The van der Waals surface area contributed by atoms with E-state index in [1.54, 1.807) is 0 Å². The monoisotopic (exact) mass is 406 g/mol. The Bertz CT molecular complexity index is 766. The van der Waals surface area contributed by atoms with Gasteiger partial charge in [-0.2, -0.15) is 0 Å². The van der Waals surface area contributed by atoms with E-state index in [9.17, 15) is 4.39 Å². The SMILES string of the molecule is Fc1ccc(CC(Br)c2ccc(Br)c3ccccc23)cc1. The predicted molar refractivity (Wildman–Crippen MR) is 93.4 cm³/mol. The molecule has 0 nitrogen and oxygen atoms in total. The molecule has 0 aromatic heterocycles. The summed E-state index contributed by atoms with van der Waals surface area (Å²) in [6, 6.07) is 19.2. The molecule has 3 rings (SSSR count). The van der Waals surface area contributed by atoms with Gasteiger partial charge >= 0.3 is 0 Å². The molecule has 0 saturated heterocycles. The van der Waals surface area contributed by atoms with Crippen LogP contribution in [0.15, 0.2) is 65.1 Å². The summed E-state index contributed by atoms with van der Waals surface area (Å²) in [5, 5.41) is 2.44. The van der Waals surface area contributed by atoms with Crippen molar-refractivity contribution >= 4 is 42.6 Å². The van der Waals surface area contributed by atoms with E-state index in [0.717, 1.165) is 16.5 Å². The summed E-state index contributed by atoms with van der Waals surface area (Å²) < 4.78 is 14.1. The van der Waals surface area contributed by atoms with Gasteiger partial charge in [0.2, 0.25) is 0 Å². The Morgan fingerprint density at radius 1 is 0.857 bits per heavy atom. The first-order chi connectivity index (χ1) is 10.1. The van der Waals surface area contributed by atoms with Crippen molar-refractivity contribution in [2.45, 2.75) is 11.2 Å². The Hall–Kier alpha value is -1.19. The summed E-state index contributed by atoms with van der Waals surface area (Å²) in [5.74, 6) is -0.195. The van der Waals surface area contributed by atoms with E-state index in [4.69, 9.17) is 0 Å². The van der Waals surface area contributed by atoms with E-state index in [-0.39, 0.29) is 10.6 Å². The van der Waals surface area contributed by atoms with Crippen LogP contribution in [0.3, 0.4) is 0 Å². The number of benzene rings is 3. The fourth-order valence-corrected chi connectivity index (χ4v) is 3.75. The number of fused-ring (bicyclic) bond motifs is 1. The quantitative estimate of drug-likeness (QED) is 0.439. The summed E-state index contributed by atoms with van der Waals surface area (Å²) in [6.45, 7) is 0. The molecule has 3 aromatic carbocycles. The third-order valence-electron chi connectivity index (χ3n) is 3.57. The van der Waals surface area contributed by atoms with E-state index < -0.39 is 0 Å². The van der Waals surface area contributed by atoms with Crippen LogP contribution in [0.5, 0.6) is 0 Å². The zero-order chi connectivity index (χ0) is 14.8. The summed E-state index contributed by atoms with van der Waals surface area (Å²) in [4.78, 5) is 0.195. The second kappa shape index (κ2) is 6.29. The first kappa shape index (κ1) is 14.7. The molecule has 0 N–H and O–H groups in total. The average molecular weight is 408 g/mol. The highest BCUT2D eigenvalue weighted by molar-refractivity contribution is 9.10. The minimum absolute atomic E-state index is 0.195. The van der Waals surface area contributed by atoms with Gasteiger partial charge in [0.25, 0.3) is 0 Å². The second-order valence-corrected chi connectivity index (χ2v) is 6.94.